The van der Waals surface area contributed by atoms with Gasteiger partial charge in [0.15, 0.2) is 29.0 Å². The van der Waals surface area contributed by atoms with E-state index >= 15 is 4.39 Å². The molecule has 6 rings (SSSR count). The number of ether oxygens (including phenoxy) is 2. The molecule has 244 valence electrons. The Hall–Kier alpha value is -5.24. The van der Waals surface area contributed by atoms with E-state index in [1.54, 1.807) is 27.7 Å². The Balaban J connectivity index is 1.48. The van der Waals surface area contributed by atoms with Crippen LogP contribution in [0.15, 0.2) is 43.0 Å². The number of hydrogen-bond acceptors (Lipinski definition) is 8. The van der Waals surface area contributed by atoms with Crippen molar-refractivity contribution in [1.82, 2.24) is 34.7 Å². The van der Waals surface area contributed by atoms with Gasteiger partial charge in [0.25, 0.3) is 5.91 Å². The highest BCUT2D eigenvalue weighted by atomic mass is 19.1. The number of halogens is 2. The van der Waals surface area contributed by atoms with E-state index in [0.717, 1.165) is 0 Å². The maximum absolute atomic E-state index is 15.6. The molecule has 2 aromatic carbocycles. The second-order valence-corrected chi connectivity index (χ2v) is 12.3. The molecule has 0 saturated carbocycles. The van der Waals surface area contributed by atoms with E-state index in [-0.39, 0.29) is 34.9 Å². The smallest absolute Gasteiger partial charge is 0.337 e. The molecule has 0 spiro atoms. The number of carbonyl (C=O) groups excluding carboxylic acids is 1. The van der Waals surface area contributed by atoms with Crippen molar-refractivity contribution in [2.45, 2.75) is 65.7 Å². The van der Waals surface area contributed by atoms with Gasteiger partial charge in [0.05, 0.1) is 23.6 Å². The van der Waals surface area contributed by atoms with Crippen molar-refractivity contribution >= 4 is 17.5 Å². The SMILES string of the molecule is Cc1nc2cc(C(=O)NCc3ccc(F)cc3-n3cncn3)nn2c(-c2cc(F)c3c(c2C)CCCO3)c1C(OC(C)(C)C)C(=O)O. The fourth-order valence-electron chi connectivity index (χ4n) is 5.81. The molecule has 14 heteroatoms. The van der Waals surface area contributed by atoms with Crippen LogP contribution in [0.4, 0.5) is 8.78 Å². The van der Waals surface area contributed by atoms with Crippen molar-refractivity contribution in [3.05, 3.63) is 88.3 Å². The van der Waals surface area contributed by atoms with Gasteiger partial charge in [0, 0.05) is 35.0 Å². The number of hydrogen-bond donors (Lipinski definition) is 2. The minimum absolute atomic E-state index is 0.00238. The van der Waals surface area contributed by atoms with Crippen LogP contribution in [-0.4, -0.2) is 58.6 Å². The van der Waals surface area contributed by atoms with Crippen molar-refractivity contribution in [2.75, 3.05) is 6.61 Å². The number of carboxylic acids is 1. The summed E-state index contributed by atoms with van der Waals surface area (Å²) in [6.07, 6.45) is 2.50. The number of carbonyl (C=O) groups is 2. The Morgan fingerprint density at radius 3 is 2.66 bits per heavy atom. The molecule has 3 aromatic heterocycles. The van der Waals surface area contributed by atoms with E-state index in [1.807, 2.05) is 6.92 Å². The van der Waals surface area contributed by atoms with Crippen molar-refractivity contribution < 1.29 is 33.0 Å². The average Bonchev–Trinajstić information content (AvgIpc) is 3.71. The van der Waals surface area contributed by atoms with Crippen LogP contribution in [0.5, 0.6) is 5.75 Å². The van der Waals surface area contributed by atoms with Crippen molar-refractivity contribution in [3.63, 3.8) is 0 Å². The van der Waals surface area contributed by atoms with E-state index in [1.165, 1.54) is 52.2 Å². The Morgan fingerprint density at radius 2 is 1.96 bits per heavy atom. The topological polar surface area (TPSA) is 146 Å². The Morgan fingerprint density at radius 1 is 1.17 bits per heavy atom. The summed E-state index contributed by atoms with van der Waals surface area (Å²) in [5.74, 6) is -2.74. The number of nitrogens with zero attached hydrogens (tertiary/aromatic N) is 6. The van der Waals surface area contributed by atoms with E-state index in [4.69, 9.17) is 9.47 Å². The molecule has 47 heavy (non-hydrogen) atoms. The number of aliphatic carboxylic acids is 1. The number of nitrogens with one attached hydrogen (secondary N) is 1. The normalized spacial score (nSPS) is 13.7. The molecular formula is C33H33F2N7O5. The molecule has 1 atom stereocenters. The number of fused-ring (bicyclic) bond motifs is 2. The van der Waals surface area contributed by atoms with Crippen LogP contribution in [0, 0.1) is 25.5 Å². The summed E-state index contributed by atoms with van der Waals surface area (Å²) in [4.78, 5) is 34.7. The lowest BCUT2D eigenvalue weighted by Crippen LogP contribution is -2.29. The third-order valence-corrected chi connectivity index (χ3v) is 7.86. The van der Waals surface area contributed by atoms with Crippen LogP contribution in [-0.2, 0) is 22.5 Å². The Labute approximate surface area is 268 Å². The van der Waals surface area contributed by atoms with Crippen LogP contribution in [0.25, 0.3) is 22.6 Å². The molecule has 12 nitrogen and oxygen atoms in total. The quantitative estimate of drug-likeness (QED) is 0.236. The first-order valence-corrected chi connectivity index (χ1v) is 15.0. The number of rotatable bonds is 8. The third kappa shape index (κ3) is 6.15. The fourth-order valence-corrected chi connectivity index (χ4v) is 5.81. The van der Waals surface area contributed by atoms with Gasteiger partial charge in [-0.25, -0.2) is 32.7 Å². The second-order valence-electron chi connectivity index (χ2n) is 12.3. The van der Waals surface area contributed by atoms with Gasteiger partial charge in [0.2, 0.25) is 0 Å². The number of benzene rings is 2. The van der Waals surface area contributed by atoms with Gasteiger partial charge < -0.3 is 19.9 Å². The van der Waals surface area contributed by atoms with Crippen molar-refractivity contribution in [1.29, 1.82) is 0 Å². The van der Waals surface area contributed by atoms with Crippen LogP contribution >= 0.6 is 0 Å². The molecule has 0 fully saturated rings. The summed E-state index contributed by atoms with van der Waals surface area (Å²) in [5, 5.41) is 21.8. The molecule has 0 aliphatic carbocycles. The van der Waals surface area contributed by atoms with Gasteiger partial charge in [-0.1, -0.05) is 6.07 Å². The van der Waals surface area contributed by atoms with Crippen molar-refractivity contribution in [2.24, 2.45) is 0 Å². The highest BCUT2D eigenvalue weighted by Gasteiger charge is 2.35. The van der Waals surface area contributed by atoms with Gasteiger partial charge >= 0.3 is 5.97 Å². The zero-order valence-electron chi connectivity index (χ0n) is 26.5. The highest BCUT2D eigenvalue weighted by molar-refractivity contribution is 5.93. The molecular weight excluding hydrogens is 612 g/mol. The van der Waals surface area contributed by atoms with Gasteiger partial charge in [-0.15, -0.1) is 0 Å². The molecule has 5 aromatic rings. The van der Waals surface area contributed by atoms with Gasteiger partial charge in [-0.2, -0.15) is 10.2 Å². The number of aromatic nitrogens is 6. The number of amides is 1. The first-order valence-electron chi connectivity index (χ1n) is 15.0. The summed E-state index contributed by atoms with van der Waals surface area (Å²) in [5.41, 5.74) is 2.78. The molecule has 0 bridgehead atoms. The summed E-state index contributed by atoms with van der Waals surface area (Å²) >= 11 is 0. The van der Waals surface area contributed by atoms with Crippen LogP contribution in [0.2, 0.25) is 0 Å². The number of carboxylic acid groups (broad SMARTS) is 1. The summed E-state index contributed by atoms with van der Waals surface area (Å²) in [7, 11) is 0. The van der Waals surface area contributed by atoms with Gasteiger partial charge in [-0.05, 0) is 76.8 Å². The molecule has 0 saturated heterocycles. The Bertz CT molecular complexity index is 2020. The largest absolute Gasteiger partial charge is 0.490 e. The minimum atomic E-state index is -1.49. The van der Waals surface area contributed by atoms with Crippen LogP contribution in [0.3, 0.4) is 0 Å². The zero-order chi connectivity index (χ0) is 33.6. The van der Waals surface area contributed by atoms with E-state index in [2.05, 4.69) is 25.5 Å². The van der Waals surface area contributed by atoms with E-state index < -0.39 is 35.2 Å². The standard InChI is InChI=1S/C33H33F2N7O5/c1-17-21-7-6-10-46-29(21)23(35)12-22(17)28-27(30(32(44)45)47-33(3,4)5)18(2)39-26-13-24(40-42(26)28)31(43)37-14-19-8-9-20(34)11-25(19)41-16-36-15-38-41/h8-9,11-13,15-16,30H,6-7,10,14H2,1-5H3,(H,37,43)(H,44,45). The average molecular weight is 646 g/mol. The molecule has 1 aliphatic rings. The first-order chi connectivity index (χ1) is 22.3. The summed E-state index contributed by atoms with van der Waals surface area (Å²) in [6.45, 7) is 9.05. The van der Waals surface area contributed by atoms with Crippen molar-refractivity contribution in [3.8, 4) is 22.7 Å². The first kappa shape index (κ1) is 31.7. The monoisotopic (exact) mass is 645 g/mol. The molecule has 4 heterocycles. The zero-order valence-corrected chi connectivity index (χ0v) is 26.5. The highest BCUT2D eigenvalue weighted by Crippen LogP contribution is 2.41. The molecule has 1 amide bonds. The summed E-state index contributed by atoms with van der Waals surface area (Å²) in [6, 6.07) is 6.85. The lowest BCUT2D eigenvalue weighted by Gasteiger charge is -2.28. The summed E-state index contributed by atoms with van der Waals surface area (Å²) < 4.78 is 44.1. The van der Waals surface area contributed by atoms with E-state index in [9.17, 15) is 19.1 Å². The lowest BCUT2D eigenvalue weighted by atomic mass is 9.91. The van der Waals surface area contributed by atoms with Gasteiger partial charge in [0.1, 0.15) is 18.5 Å². The molecule has 1 unspecified atom stereocenters. The minimum Gasteiger partial charge on any atom is -0.490 e. The molecule has 0 radical (unpaired) electrons. The predicted molar refractivity (Wildman–Crippen MR) is 165 cm³/mol. The third-order valence-electron chi connectivity index (χ3n) is 7.86. The maximum atomic E-state index is 15.6. The van der Waals surface area contributed by atoms with E-state index in [0.29, 0.717) is 53.1 Å². The number of aryl methyl sites for hydroxylation is 1. The van der Waals surface area contributed by atoms with Gasteiger partial charge in [-0.3, -0.25) is 4.79 Å². The fraction of sp³-hybridized carbons (Fsp3) is 0.333. The molecule has 2 N–H and O–H groups in total. The maximum Gasteiger partial charge on any atom is 0.337 e. The van der Waals surface area contributed by atoms with Crippen LogP contribution in [0.1, 0.15) is 71.7 Å². The Kier molecular flexibility index (Phi) is 8.22. The second kappa shape index (κ2) is 12.2. The van der Waals surface area contributed by atoms with Crippen LogP contribution < -0.4 is 10.1 Å². The lowest BCUT2D eigenvalue weighted by molar-refractivity contribution is -0.160. The predicted octanol–water partition coefficient (Wildman–Crippen LogP) is 5.07. The molecule has 1 aliphatic heterocycles.